The Hall–Kier alpha value is -1.39. The average Bonchev–Trinajstić information content (AvgIpc) is 2.44. The molecule has 108 valence electrons. The van der Waals surface area contributed by atoms with Gasteiger partial charge in [-0.2, -0.15) is 0 Å². The van der Waals surface area contributed by atoms with Gasteiger partial charge in [-0.05, 0) is 23.3 Å². The first-order valence-electron chi connectivity index (χ1n) is 6.92. The van der Waals surface area contributed by atoms with Crippen molar-refractivity contribution in [3.63, 3.8) is 0 Å². The van der Waals surface area contributed by atoms with E-state index in [1.54, 1.807) is 6.92 Å². The van der Waals surface area contributed by atoms with Crippen LogP contribution in [-0.2, 0) is 16.4 Å². The van der Waals surface area contributed by atoms with Crippen LogP contribution in [0.25, 0.3) is 10.8 Å². The first kappa shape index (κ1) is 15.0. The van der Waals surface area contributed by atoms with Crippen molar-refractivity contribution in [3.05, 3.63) is 48.0 Å². The monoisotopic (exact) mass is 291 g/mol. The van der Waals surface area contributed by atoms with Gasteiger partial charge in [-0.1, -0.05) is 49.4 Å². The quantitative estimate of drug-likeness (QED) is 0.890. The van der Waals surface area contributed by atoms with E-state index < -0.39 is 9.84 Å². The van der Waals surface area contributed by atoms with Crippen LogP contribution in [0.5, 0.6) is 0 Å². The normalized spacial score (nSPS) is 13.5. The third kappa shape index (κ3) is 3.81. The third-order valence-electron chi connectivity index (χ3n) is 3.46. The first-order chi connectivity index (χ1) is 9.52. The van der Waals surface area contributed by atoms with Crippen molar-refractivity contribution in [1.29, 1.82) is 0 Å². The third-order valence-corrected chi connectivity index (χ3v) is 5.35. The lowest BCUT2D eigenvalue weighted by molar-refractivity contribution is 0.558. The van der Waals surface area contributed by atoms with E-state index in [1.807, 2.05) is 25.1 Å². The first-order valence-corrected chi connectivity index (χ1v) is 8.74. The lowest BCUT2D eigenvalue weighted by atomic mass is 10.0. The van der Waals surface area contributed by atoms with Gasteiger partial charge in [-0.25, -0.2) is 8.42 Å². The summed E-state index contributed by atoms with van der Waals surface area (Å²) in [6, 6.07) is 14.4. The molecule has 2 rings (SSSR count). The summed E-state index contributed by atoms with van der Waals surface area (Å²) in [4.78, 5) is 0. The molecule has 0 fully saturated rings. The lowest BCUT2D eigenvalue weighted by Gasteiger charge is -2.14. The minimum atomic E-state index is -2.93. The molecule has 0 aromatic heterocycles. The summed E-state index contributed by atoms with van der Waals surface area (Å²) in [7, 11) is -2.93. The van der Waals surface area contributed by atoms with Crippen molar-refractivity contribution >= 4 is 20.6 Å². The zero-order valence-electron chi connectivity index (χ0n) is 12.0. The predicted molar refractivity (Wildman–Crippen MR) is 84.6 cm³/mol. The molecule has 1 unspecified atom stereocenters. The summed E-state index contributed by atoms with van der Waals surface area (Å²) >= 11 is 0. The molecule has 0 saturated carbocycles. The van der Waals surface area contributed by atoms with E-state index in [1.165, 1.54) is 16.3 Å². The van der Waals surface area contributed by atoms with Crippen LogP contribution in [0.2, 0.25) is 0 Å². The number of fused-ring (bicyclic) bond motifs is 1. The van der Waals surface area contributed by atoms with Crippen LogP contribution in [-0.4, -0.2) is 26.0 Å². The van der Waals surface area contributed by atoms with Gasteiger partial charge >= 0.3 is 0 Å². The lowest BCUT2D eigenvalue weighted by Crippen LogP contribution is -2.33. The largest absolute Gasteiger partial charge is 0.309 e. The Bertz CT molecular complexity index is 674. The van der Waals surface area contributed by atoms with Gasteiger partial charge in [-0.15, -0.1) is 0 Å². The Morgan fingerprint density at radius 2 is 1.80 bits per heavy atom. The summed E-state index contributed by atoms with van der Waals surface area (Å²) in [5.41, 5.74) is 1.20. The van der Waals surface area contributed by atoms with Crippen LogP contribution in [0, 0.1) is 0 Å². The molecule has 1 atom stereocenters. The van der Waals surface area contributed by atoms with Crippen molar-refractivity contribution in [2.24, 2.45) is 0 Å². The number of nitrogens with one attached hydrogen (secondary N) is 1. The fraction of sp³-hybridized carbons (Fsp3) is 0.375. The highest BCUT2D eigenvalue weighted by Crippen LogP contribution is 2.18. The van der Waals surface area contributed by atoms with Gasteiger partial charge in [0.15, 0.2) is 9.84 Å². The van der Waals surface area contributed by atoms with Crippen molar-refractivity contribution in [2.75, 3.05) is 11.5 Å². The molecule has 4 heteroatoms. The van der Waals surface area contributed by atoms with E-state index in [4.69, 9.17) is 0 Å². The summed E-state index contributed by atoms with van der Waals surface area (Å²) in [5, 5.41) is 5.73. The number of benzene rings is 2. The Balaban J connectivity index is 2.06. The summed E-state index contributed by atoms with van der Waals surface area (Å²) in [6.45, 7) is 4.28. The van der Waals surface area contributed by atoms with Crippen LogP contribution >= 0.6 is 0 Å². The molecule has 2 aromatic carbocycles. The molecule has 0 saturated heterocycles. The molecule has 3 nitrogen and oxygen atoms in total. The van der Waals surface area contributed by atoms with Crippen LogP contribution in [0.15, 0.2) is 42.5 Å². The minimum Gasteiger partial charge on any atom is -0.309 e. The van der Waals surface area contributed by atoms with E-state index in [2.05, 4.69) is 29.6 Å². The van der Waals surface area contributed by atoms with Crippen molar-refractivity contribution in [3.8, 4) is 0 Å². The molecule has 0 aliphatic heterocycles. The van der Waals surface area contributed by atoms with E-state index in [0.717, 1.165) is 0 Å². The van der Waals surface area contributed by atoms with E-state index >= 15 is 0 Å². The molecule has 0 aliphatic carbocycles. The molecule has 1 N–H and O–H groups in total. The average molecular weight is 291 g/mol. The van der Waals surface area contributed by atoms with Gasteiger partial charge in [-0.3, -0.25) is 0 Å². The highest BCUT2D eigenvalue weighted by Gasteiger charge is 2.13. The van der Waals surface area contributed by atoms with E-state index in [-0.39, 0.29) is 17.5 Å². The number of hydrogen-bond acceptors (Lipinski definition) is 3. The maximum Gasteiger partial charge on any atom is 0.151 e. The van der Waals surface area contributed by atoms with Crippen molar-refractivity contribution < 1.29 is 8.42 Å². The predicted octanol–water partition coefficient (Wildman–Crippen LogP) is 2.75. The molecule has 20 heavy (non-hydrogen) atoms. The summed E-state index contributed by atoms with van der Waals surface area (Å²) in [6.07, 6.45) is 0. The molecule has 0 spiro atoms. The van der Waals surface area contributed by atoms with Gasteiger partial charge < -0.3 is 5.32 Å². The van der Waals surface area contributed by atoms with E-state index in [9.17, 15) is 8.42 Å². The maximum absolute atomic E-state index is 11.6. The molecule has 0 heterocycles. The zero-order valence-corrected chi connectivity index (χ0v) is 12.8. The SMILES string of the molecule is CCS(=O)(=O)CC(C)NCc1cccc2ccccc12. The van der Waals surface area contributed by atoms with Crippen molar-refractivity contribution in [2.45, 2.75) is 26.4 Å². The zero-order chi connectivity index (χ0) is 14.6. The number of sulfone groups is 1. The van der Waals surface area contributed by atoms with Crippen molar-refractivity contribution in [1.82, 2.24) is 5.32 Å². The summed E-state index contributed by atoms with van der Waals surface area (Å²) < 4.78 is 23.2. The molecule has 0 radical (unpaired) electrons. The minimum absolute atomic E-state index is 0.0427. The molecular weight excluding hydrogens is 270 g/mol. The fourth-order valence-electron chi connectivity index (χ4n) is 2.29. The highest BCUT2D eigenvalue weighted by molar-refractivity contribution is 7.91. The van der Waals surface area contributed by atoms with Crippen LogP contribution in [0.3, 0.4) is 0 Å². The molecular formula is C16H21NO2S. The Morgan fingerprint density at radius 3 is 2.55 bits per heavy atom. The number of hydrogen-bond donors (Lipinski definition) is 1. The highest BCUT2D eigenvalue weighted by atomic mass is 32.2. The van der Waals surface area contributed by atoms with Gasteiger partial charge in [0.25, 0.3) is 0 Å². The molecule has 0 bridgehead atoms. The second kappa shape index (κ2) is 6.37. The maximum atomic E-state index is 11.6. The van der Waals surface area contributed by atoms with Gasteiger partial charge in [0, 0.05) is 18.3 Å². The second-order valence-corrected chi connectivity index (χ2v) is 7.52. The summed E-state index contributed by atoms with van der Waals surface area (Å²) in [5.74, 6) is 0.390. The Morgan fingerprint density at radius 1 is 1.10 bits per heavy atom. The second-order valence-electron chi connectivity index (χ2n) is 5.12. The Kier molecular flexibility index (Phi) is 4.78. The molecule has 0 aliphatic rings. The van der Waals surface area contributed by atoms with Crippen LogP contribution < -0.4 is 5.32 Å². The van der Waals surface area contributed by atoms with Crippen LogP contribution in [0.1, 0.15) is 19.4 Å². The van der Waals surface area contributed by atoms with E-state index in [0.29, 0.717) is 6.54 Å². The fourth-order valence-corrected chi connectivity index (χ4v) is 3.40. The number of rotatable bonds is 6. The standard InChI is InChI=1S/C16H21NO2S/c1-3-20(18,19)12-13(2)17-11-15-9-6-8-14-7-4-5-10-16(14)15/h4-10,13,17H,3,11-12H2,1-2H3. The van der Waals surface area contributed by atoms with Crippen LogP contribution in [0.4, 0.5) is 0 Å². The molecule has 2 aromatic rings. The topological polar surface area (TPSA) is 46.2 Å². The Labute approximate surface area is 120 Å². The smallest absolute Gasteiger partial charge is 0.151 e. The molecule has 0 amide bonds. The van der Waals surface area contributed by atoms with Gasteiger partial charge in [0.1, 0.15) is 0 Å². The van der Waals surface area contributed by atoms with Gasteiger partial charge in [0.2, 0.25) is 0 Å². The van der Waals surface area contributed by atoms with Gasteiger partial charge in [0.05, 0.1) is 5.75 Å².